The minimum atomic E-state index is -0.785. The normalized spacial score (nSPS) is 17.8. The van der Waals surface area contributed by atoms with E-state index < -0.39 is 5.54 Å². The van der Waals surface area contributed by atoms with Crippen LogP contribution in [-0.4, -0.2) is 11.9 Å². The molecule has 1 aromatic rings. The Labute approximate surface area is 85.6 Å². The molecule has 1 aliphatic carbocycles. The Bertz CT molecular complexity index is 438. The molecule has 1 fully saturated rings. The van der Waals surface area contributed by atoms with Gasteiger partial charge in [0.25, 0.3) is 0 Å². The number of carbonyl (C=O) groups excluding carboxylic acids is 2. The molecule has 0 atom stereocenters. The van der Waals surface area contributed by atoms with Crippen molar-refractivity contribution < 1.29 is 14.0 Å². The predicted molar refractivity (Wildman–Crippen MR) is 50.4 cm³/mol. The van der Waals surface area contributed by atoms with Crippen molar-refractivity contribution in [2.75, 3.05) is 0 Å². The summed E-state index contributed by atoms with van der Waals surface area (Å²) in [5.74, 6) is -0.298. The van der Waals surface area contributed by atoms with Crippen molar-refractivity contribution in [3.05, 3.63) is 35.6 Å². The Hall–Kier alpha value is -1.80. The highest BCUT2D eigenvalue weighted by Gasteiger charge is 2.45. The minimum absolute atomic E-state index is 0.0540. The molecular formula is C11H8FNO2. The average Bonchev–Trinajstić information content (AvgIpc) is 2.16. The molecule has 1 aromatic carbocycles. The van der Waals surface area contributed by atoms with Gasteiger partial charge in [-0.05, 0) is 17.7 Å². The number of Topliss-reactive ketones (excluding diaryl/α,β-unsaturated/α-hetero) is 1. The maximum atomic E-state index is 12.7. The molecule has 0 saturated heterocycles. The molecule has 4 heteroatoms. The standard InChI is InChI=1S/C11H8FNO2/c12-9-3-1-8(2-4-9)11(13-7-14)5-10(15)6-11/h1-4H,5-6H2. The van der Waals surface area contributed by atoms with E-state index in [0.717, 1.165) is 0 Å². The van der Waals surface area contributed by atoms with Crippen LogP contribution in [0.5, 0.6) is 0 Å². The van der Waals surface area contributed by atoms with Gasteiger partial charge in [0.05, 0.1) is 0 Å². The van der Waals surface area contributed by atoms with Gasteiger partial charge in [0.1, 0.15) is 17.1 Å². The number of carbonyl (C=O) groups is 1. The van der Waals surface area contributed by atoms with Gasteiger partial charge in [0.2, 0.25) is 6.08 Å². The fourth-order valence-corrected chi connectivity index (χ4v) is 1.80. The Kier molecular flexibility index (Phi) is 2.21. The van der Waals surface area contributed by atoms with Crippen LogP contribution in [0.25, 0.3) is 0 Å². The Morgan fingerprint density at radius 3 is 2.33 bits per heavy atom. The van der Waals surface area contributed by atoms with Gasteiger partial charge in [-0.3, -0.25) is 4.79 Å². The summed E-state index contributed by atoms with van der Waals surface area (Å²) < 4.78 is 12.7. The second-order valence-electron chi connectivity index (χ2n) is 3.63. The highest BCUT2D eigenvalue weighted by Crippen LogP contribution is 2.42. The number of hydrogen-bond acceptors (Lipinski definition) is 3. The van der Waals surface area contributed by atoms with E-state index in [-0.39, 0.29) is 24.4 Å². The first kappa shape index (κ1) is 9.74. The predicted octanol–water partition coefficient (Wildman–Crippen LogP) is 1.72. The van der Waals surface area contributed by atoms with Crippen molar-refractivity contribution in [2.24, 2.45) is 4.99 Å². The second kappa shape index (κ2) is 3.41. The fourth-order valence-electron chi connectivity index (χ4n) is 1.80. The SMILES string of the molecule is O=C=NC1(c2ccc(F)cc2)CC(=O)C1. The number of aliphatic imine (C=N–C) groups is 1. The first-order chi connectivity index (χ1) is 7.16. The van der Waals surface area contributed by atoms with E-state index in [9.17, 15) is 14.0 Å². The summed E-state index contributed by atoms with van der Waals surface area (Å²) in [7, 11) is 0. The van der Waals surface area contributed by atoms with Crippen LogP contribution in [0, 0.1) is 5.82 Å². The van der Waals surface area contributed by atoms with E-state index in [1.165, 1.54) is 18.2 Å². The Balaban J connectivity index is 2.38. The van der Waals surface area contributed by atoms with Gasteiger partial charge in [0, 0.05) is 12.8 Å². The smallest absolute Gasteiger partial charge is 0.235 e. The molecule has 1 saturated carbocycles. The lowest BCUT2D eigenvalue weighted by Gasteiger charge is -2.35. The van der Waals surface area contributed by atoms with E-state index in [1.807, 2.05) is 0 Å². The van der Waals surface area contributed by atoms with Gasteiger partial charge >= 0.3 is 0 Å². The van der Waals surface area contributed by atoms with E-state index in [4.69, 9.17) is 0 Å². The largest absolute Gasteiger partial charge is 0.299 e. The molecule has 76 valence electrons. The summed E-state index contributed by atoms with van der Waals surface area (Å²) in [6, 6.07) is 5.67. The zero-order valence-corrected chi connectivity index (χ0v) is 7.87. The van der Waals surface area contributed by atoms with Crippen LogP contribution in [-0.2, 0) is 15.1 Å². The monoisotopic (exact) mass is 205 g/mol. The third-order valence-electron chi connectivity index (χ3n) is 2.62. The number of ketones is 1. The molecule has 0 radical (unpaired) electrons. The first-order valence-corrected chi connectivity index (χ1v) is 4.53. The van der Waals surface area contributed by atoms with Gasteiger partial charge in [-0.15, -0.1) is 0 Å². The molecule has 2 rings (SSSR count). The summed E-state index contributed by atoms with van der Waals surface area (Å²) in [6.07, 6.45) is 1.88. The van der Waals surface area contributed by atoms with Crippen molar-refractivity contribution >= 4 is 11.9 Å². The number of benzene rings is 1. The highest BCUT2D eigenvalue weighted by atomic mass is 19.1. The van der Waals surface area contributed by atoms with Crippen molar-refractivity contribution in [2.45, 2.75) is 18.4 Å². The number of hydrogen-bond donors (Lipinski definition) is 0. The van der Waals surface area contributed by atoms with E-state index in [0.29, 0.717) is 5.56 Å². The maximum Gasteiger partial charge on any atom is 0.235 e. The Morgan fingerprint density at radius 2 is 1.87 bits per heavy atom. The van der Waals surface area contributed by atoms with Crippen LogP contribution in [0.4, 0.5) is 4.39 Å². The summed E-state index contributed by atoms with van der Waals surface area (Å²) in [4.78, 5) is 24.9. The van der Waals surface area contributed by atoms with Crippen molar-refractivity contribution in [1.82, 2.24) is 0 Å². The molecular weight excluding hydrogens is 197 g/mol. The van der Waals surface area contributed by atoms with Crippen LogP contribution in [0.2, 0.25) is 0 Å². The van der Waals surface area contributed by atoms with Gasteiger partial charge < -0.3 is 0 Å². The molecule has 15 heavy (non-hydrogen) atoms. The summed E-state index contributed by atoms with van der Waals surface area (Å²) >= 11 is 0. The maximum absolute atomic E-state index is 12.7. The molecule has 0 aromatic heterocycles. The zero-order chi connectivity index (χ0) is 10.9. The molecule has 0 unspecified atom stereocenters. The van der Waals surface area contributed by atoms with Crippen LogP contribution in [0.1, 0.15) is 18.4 Å². The molecule has 0 bridgehead atoms. The van der Waals surface area contributed by atoms with E-state index in [2.05, 4.69) is 4.99 Å². The molecule has 0 amide bonds. The molecule has 0 aliphatic heterocycles. The van der Waals surface area contributed by atoms with Crippen molar-refractivity contribution in [3.8, 4) is 0 Å². The third-order valence-corrected chi connectivity index (χ3v) is 2.62. The van der Waals surface area contributed by atoms with Gasteiger partial charge in [0.15, 0.2) is 0 Å². The zero-order valence-electron chi connectivity index (χ0n) is 7.87. The number of rotatable bonds is 2. The molecule has 3 nitrogen and oxygen atoms in total. The number of isocyanates is 1. The molecule has 1 aliphatic rings. The number of nitrogens with zero attached hydrogens (tertiary/aromatic N) is 1. The first-order valence-electron chi connectivity index (χ1n) is 4.53. The summed E-state index contributed by atoms with van der Waals surface area (Å²) in [5, 5.41) is 0. The van der Waals surface area contributed by atoms with Crippen molar-refractivity contribution in [1.29, 1.82) is 0 Å². The van der Waals surface area contributed by atoms with Crippen LogP contribution < -0.4 is 0 Å². The third kappa shape index (κ3) is 1.60. The Morgan fingerprint density at radius 1 is 1.27 bits per heavy atom. The van der Waals surface area contributed by atoms with Gasteiger partial charge in [-0.2, -0.15) is 4.99 Å². The van der Waals surface area contributed by atoms with E-state index >= 15 is 0 Å². The van der Waals surface area contributed by atoms with Gasteiger partial charge in [-0.1, -0.05) is 12.1 Å². The topological polar surface area (TPSA) is 46.5 Å². The minimum Gasteiger partial charge on any atom is -0.299 e. The second-order valence-corrected chi connectivity index (χ2v) is 3.63. The van der Waals surface area contributed by atoms with E-state index in [1.54, 1.807) is 12.1 Å². The van der Waals surface area contributed by atoms with Crippen LogP contribution in [0.15, 0.2) is 29.3 Å². The average molecular weight is 205 g/mol. The summed E-state index contributed by atoms with van der Waals surface area (Å²) in [6.45, 7) is 0. The quantitative estimate of drug-likeness (QED) is 0.545. The molecule has 0 N–H and O–H groups in total. The highest BCUT2D eigenvalue weighted by molar-refractivity contribution is 5.88. The number of halogens is 1. The van der Waals surface area contributed by atoms with Gasteiger partial charge in [-0.25, -0.2) is 9.18 Å². The van der Waals surface area contributed by atoms with Crippen LogP contribution in [0.3, 0.4) is 0 Å². The fraction of sp³-hybridized carbons (Fsp3) is 0.273. The van der Waals surface area contributed by atoms with Crippen molar-refractivity contribution in [3.63, 3.8) is 0 Å². The lowest BCUT2D eigenvalue weighted by atomic mass is 9.71. The summed E-state index contributed by atoms with van der Waals surface area (Å²) in [5.41, 5.74) is -0.0983. The molecule has 0 spiro atoms. The lowest BCUT2D eigenvalue weighted by molar-refractivity contribution is -0.128. The lowest BCUT2D eigenvalue weighted by Crippen LogP contribution is -2.39. The molecule has 0 heterocycles. The van der Waals surface area contributed by atoms with Crippen LogP contribution >= 0.6 is 0 Å².